The number of carbonyl (C=O) groups is 1. The van der Waals surface area contributed by atoms with Crippen molar-refractivity contribution < 1.29 is 9.90 Å². The van der Waals surface area contributed by atoms with Crippen molar-refractivity contribution in [2.24, 2.45) is 5.92 Å². The van der Waals surface area contributed by atoms with E-state index in [0.29, 0.717) is 12.8 Å². The second-order valence-electron chi connectivity index (χ2n) is 4.58. The second kappa shape index (κ2) is 5.26. The monoisotopic (exact) mass is 218 g/mol. The molecule has 0 radical (unpaired) electrons. The van der Waals surface area contributed by atoms with Crippen LogP contribution in [-0.4, -0.2) is 17.0 Å². The van der Waals surface area contributed by atoms with E-state index in [-0.39, 0.29) is 11.7 Å². The molecule has 1 aliphatic carbocycles. The highest BCUT2D eigenvalue weighted by Gasteiger charge is 2.28. The fourth-order valence-corrected chi connectivity index (χ4v) is 2.41. The molecule has 2 atom stereocenters. The van der Waals surface area contributed by atoms with Crippen molar-refractivity contribution in [1.29, 1.82) is 0 Å². The van der Waals surface area contributed by atoms with E-state index in [1.807, 2.05) is 30.3 Å². The van der Waals surface area contributed by atoms with Gasteiger partial charge in [-0.15, -0.1) is 0 Å². The SMILES string of the molecule is O=C1CCCCC1C(O)Cc1ccccc1. The lowest BCUT2D eigenvalue weighted by Gasteiger charge is -2.25. The van der Waals surface area contributed by atoms with Crippen molar-refractivity contribution >= 4 is 5.78 Å². The topological polar surface area (TPSA) is 37.3 Å². The van der Waals surface area contributed by atoms with Crippen molar-refractivity contribution in [3.63, 3.8) is 0 Å². The molecule has 1 aliphatic rings. The van der Waals surface area contributed by atoms with E-state index >= 15 is 0 Å². The van der Waals surface area contributed by atoms with Gasteiger partial charge in [0.2, 0.25) is 0 Å². The van der Waals surface area contributed by atoms with E-state index < -0.39 is 6.10 Å². The smallest absolute Gasteiger partial charge is 0.138 e. The second-order valence-corrected chi connectivity index (χ2v) is 4.58. The summed E-state index contributed by atoms with van der Waals surface area (Å²) in [5.74, 6) is 0.114. The minimum absolute atomic E-state index is 0.131. The fourth-order valence-electron chi connectivity index (χ4n) is 2.41. The van der Waals surface area contributed by atoms with Crippen LogP contribution in [0.15, 0.2) is 30.3 Å². The van der Waals surface area contributed by atoms with Gasteiger partial charge in [0.05, 0.1) is 6.10 Å². The Bertz CT molecular complexity index is 345. The molecule has 0 bridgehead atoms. The van der Waals surface area contributed by atoms with E-state index in [1.54, 1.807) is 0 Å². The summed E-state index contributed by atoms with van der Waals surface area (Å²) in [7, 11) is 0. The number of rotatable bonds is 3. The molecular weight excluding hydrogens is 200 g/mol. The Labute approximate surface area is 96.3 Å². The van der Waals surface area contributed by atoms with Crippen LogP contribution < -0.4 is 0 Å². The van der Waals surface area contributed by atoms with Gasteiger partial charge in [0.15, 0.2) is 0 Å². The molecular formula is C14H18O2. The molecule has 0 aliphatic heterocycles. The maximum atomic E-state index is 11.7. The van der Waals surface area contributed by atoms with Crippen molar-refractivity contribution in [3.05, 3.63) is 35.9 Å². The number of carbonyl (C=O) groups excluding carboxylic acids is 1. The molecule has 2 heteroatoms. The predicted octanol–water partition coefficient (Wildman–Crippen LogP) is 2.35. The van der Waals surface area contributed by atoms with Gasteiger partial charge in [0.25, 0.3) is 0 Å². The highest BCUT2D eigenvalue weighted by Crippen LogP contribution is 2.25. The third-order valence-electron chi connectivity index (χ3n) is 3.35. The lowest BCUT2D eigenvalue weighted by molar-refractivity contribution is -0.128. The van der Waals surface area contributed by atoms with Crippen molar-refractivity contribution in [1.82, 2.24) is 0 Å². The first kappa shape index (κ1) is 11.3. The van der Waals surface area contributed by atoms with Gasteiger partial charge < -0.3 is 5.11 Å². The molecule has 2 nitrogen and oxygen atoms in total. The number of benzene rings is 1. The molecule has 0 spiro atoms. The Hall–Kier alpha value is -1.15. The van der Waals surface area contributed by atoms with E-state index in [9.17, 15) is 9.90 Å². The average molecular weight is 218 g/mol. The third kappa shape index (κ3) is 2.70. The lowest BCUT2D eigenvalue weighted by Crippen LogP contribution is -2.32. The highest BCUT2D eigenvalue weighted by molar-refractivity contribution is 5.82. The Kier molecular flexibility index (Phi) is 3.73. The summed E-state index contributed by atoms with van der Waals surface area (Å²) in [6, 6.07) is 9.88. The van der Waals surface area contributed by atoms with Gasteiger partial charge in [-0.05, 0) is 24.8 Å². The molecule has 0 aromatic heterocycles. The Morgan fingerprint density at radius 3 is 2.69 bits per heavy atom. The van der Waals surface area contributed by atoms with Crippen LogP contribution in [0.5, 0.6) is 0 Å². The molecule has 1 N–H and O–H groups in total. The van der Waals surface area contributed by atoms with Crippen LogP contribution in [0.4, 0.5) is 0 Å². The van der Waals surface area contributed by atoms with Gasteiger partial charge in [-0.3, -0.25) is 4.79 Å². The quantitative estimate of drug-likeness (QED) is 0.845. The van der Waals surface area contributed by atoms with Crippen LogP contribution in [0.1, 0.15) is 31.2 Å². The van der Waals surface area contributed by atoms with E-state index in [2.05, 4.69) is 0 Å². The molecule has 86 valence electrons. The van der Waals surface area contributed by atoms with Crippen LogP contribution in [0.2, 0.25) is 0 Å². The first-order valence-corrected chi connectivity index (χ1v) is 6.02. The van der Waals surface area contributed by atoms with Gasteiger partial charge in [0, 0.05) is 12.3 Å². The first-order valence-electron chi connectivity index (χ1n) is 6.02. The predicted molar refractivity (Wildman–Crippen MR) is 63.1 cm³/mol. The standard InChI is InChI=1S/C14H18O2/c15-13-9-5-4-8-12(13)14(16)10-11-6-2-1-3-7-11/h1-3,6-7,12,14,16H,4-5,8-10H2. The summed E-state index contributed by atoms with van der Waals surface area (Å²) >= 11 is 0. The molecule has 1 aromatic carbocycles. The van der Waals surface area contributed by atoms with Crippen molar-refractivity contribution in [2.75, 3.05) is 0 Å². The Morgan fingerprint density at radius 2 is 2.00 bits per heavy atom. The van der Waals surface area contributed by atoms with Gasteiger partial charge in [-0.2, -0.15) is 0 Å². The zero-order valence-electron chi connectivity index (χ0n) is 9.43. The molecule has 1 aromatic rings. The van der Waals surface area contributed by atoms with Gasteiger partial charge in [-0.1, -0.05) is 36.8 Å². The number of hydrogen-bond donors (Lipinski definition) is 1. The molecule has 1 fully saturated rings. The summed E-state index contributed by atoms with van der Waals surface area (Å²) in [6.45, 7) is 0. The molecule has 0 amide bonds. The number of Topliss-reactive ketones (excluding diaryl/α,β-unsaturated/α-hetero) is 1. The third-order valence-corrected chi connectivity index (χ3v) is 3.35. The minimum Gasteiger partial charge on any atom is -0.392 e. The van der Waals surface area contributed by atoms with Gasteiger partial charge in [-0.25, -0.2) is 0 Å². The Morgan fingerprint density at radius 1 is 1.25 bits per heavy atom. The van der Waals surface area contributed by atoms with Crippen molar-refractivity contribution in [2.45, 2.75) is 38.2 Å². The molecule has 2 unspecified atom stereocenters. The zero-order valence-corrected chi connectivity index (χ0v) is 9.43. The summed E-state index contributed by atoms with van der Waals surface area (Å²) in [4.78, 5) is 11.7. The number of aliphatic hydroxyl groups excluding tert-OH is 1. The number of ketones is 1. The zero-order chi connectivity index (χ0) is 11.4. The molecule has 0 saturated heterocycles. The molecule has 2 rings (SSSR count). The van der Waals surface area contributed by atoms with E-state index in [0.717, 1.165) is 24.8 Å². The van der Waals surface area contributed by atoms with Crippen LogP contribution in [0, 0.1) is 5.92 Å². The maximum absolute atomic E-state index is 11.7. The summed E-state index contributed by atoms with van der Waals surface area (Å²) in [6.07, 6.45) is 3.66. The number of aliphatic hydroxyl groups is 1. The van der Waals surface area contributed by atoms with Crippen LogP contribution in [0.3, 0.4) is 0 Å². The first-order chi connectivity index (χ1) is 7.77. The summed E-state index contributed by atoms with van der Waals surface area (Å²) < 4.78 is 0. The van der Waals surface area contributed by atoms with Gasteiger partial charge >= 0.3 is 0 Å². The summed E-state index contributed by atoms with van der Waals surface area (Å²) in [5.41, 5.74) is 1.10. The fraction of sp³-hybridized carbons (Fsp3) is 0.500. The Balaban J connectivity index is 1.97. The van der Waals surface area contributed by atoms with Crippen LogP contribution in [-0.2, 0) is 11.2 Å². The minimum atomic E-state index is -0.504. The average Bonchev–Trinajstić information content (AvgIpc) is 2.31. The van der Waals surface area contributed by atoms with E-state index in [1.165, 1.54) is 0 Å². The number of hydrogen-bond acceptors (Lipinski definition) is 2. The van der Waals surface area contributed by atoms with Crippen LogP contribution >= 0.6 is 0 Å². The van der Waals surface area contributed by atoms with Crippen LogP contribution in [0.25, 0.3) is 0 Å². The molecule has 16 heavy (non-hydrogen) atoms. The summed E-state index contributed by atoms with van der Waals surface area (Å²) in [5, 5.41) is 10.1. The molecule has 1 saturated carbocycles. The normalized spacial score (nSPS) is 23.1. The largest absolute Gasteiger partial charge is 0.392 e. The van der Waals surface area contributed by atoms with Gasteiger partial charge in [0.1, 0.15) is 5.78 Å². The molecule has 0 heterocycles. The van der Waals surface area contributed by atoms with E-state index in [4.69, 9.17) is 0 Å². The van der Waals surface area contributed by atoms with Crippen molar-refractivity contribution in [3.8, 4) is 0 Å². The lowest BCUT2D eigenvalue weighted by atomic mass is 9.82. The highest BCUT2D eigenvalue weighted by atomic mass is 16.3. The maximum Gasteiger partial charge on any atom is 0.138 e.